The lowest BCUT2D eigenvalue weighted by atomic mass is 9.99. The number of hydrazine groups is 1. The highest BCUT2D eigenvalue weighted by Crippen LogP contribution is 2.32. The van der Waals surface area contributed by atoms with Gasteiger partial charge in [0, 0.05) is 32.6 Å². The standard InChI is InChI=1S/C38H43N5O5/c1-26(2)43(38(46)39(3)22-28-15-19-32(48-5)20-16-28)41-25-36(44)42-34(21-27-13-17-31(47-4)18-14-27)37(45)40(24-35(41)42)23-30-11-8-10-29-9-6-7-12-33(29)30/h6-20,26,34-35H,21-25H2,1-5H3/t34-,35+/m0/s1. The van der Waals surface area contributed by atoms with Crippen molar-refractivity contribution in [1.82, 2.24) is 24.7 Å². The molecule has 10 nitrogen and oxygen atoms in total. The van der Waals surface area contributed by atoms with Gasteiger partial charge in [-0.2, -0.15) is 5.01 Å². The predicted octanol–water partition coefficient (Wildman–Crippen LogP) is 5.16. The van der Waals surface area contributed by atoms with E-state index in [1.54, 1.807) is 36.1 Å². The number of carbonyl (C=O) groups is 3. The molecule has 0 aromatic heterocycles. The van der Waals surface area contributed by atoms with Gasteiger partial charge in [0.1, 0.15) is 23.7 Å². The molecule has 48 heavy (non-hydrogen) atoms. The van der Waals surface area contributed by atoms with Crippen LogP contribution in [0.3, 0.4) is 0 Å². The smallest absolute Gasteiger partial charge is 0.334 e. The fourth-order valence-corrected chi connectivity index (χ4v) is 6.86. The summed E-state index contributed by atoms with van der Waals surface area (Å²) in [5.74, 6) is 1.19. The Kier molecular flexibility index (Phi) is 9.54. The van der Waals surface area contributed by atoms with Crippen molar-refractivity contribution in [3.63, 3.8) is 0 Å². The van der Waals surface area contributed by atoms with E-state index in [4.69, 9.17) is 9.47 Å². The van der Waals surface area contributed by atoms with Crippen LogP contribution in [-0.2, 0) is 29.1 Å². The van der Waals surface area contributed by atoms with Crippen LogP contribution in [-0.4, -0.2) is 95.2 Å². The minimum absolute atomic E-state index is 0.000533. The number of amides is 4. The van der Waals surface area contributed by atoms with E-state index in [0.717, 1.165) is 39.0 Å². The molecule has 2 aliphatic heterocycles. The molecule has 2 fully saturated rings. The molecule has 2 atom stereocenters. The second kappa shape index (κ2) is 13.9. The molecule has 0 saturated carbocycles. The molecule has 4 aromatic carbocycles. The lowest BCUT2D eigenvalue weighted by molar-refractivity contribution is -0.158. The van der Waals surface area contributed by atoms with Gasteiger partial charge in [-0.15, -0.1) is 0 Å². The molecule has 0 bridgehead atoms. The molecular formula is C38H43N5O5. The summed E-state index contributed by atoms with van der Waals surface area (Å²) in [4.78, 5) is 47.7. The van der Waals surface area contributed by atoms with Crippen LogP contribution < -0.4 is 9.47 Å². The maximum Gasteiger partial charge on any atom is 0.334 e. The van der Waals surface area contributed by atoms with Crippen molar-refractivity contribution in [2.24, 2.45) is 0 Å². The largest absolute Gasteiger partial charge is 0.497 e. The van der Waals surface area contributed by atoms with Gasteiger partial charge >= 0.3 is 6.03 Å². The number of fused-ring (bicyclic) bond motifs is 2. The molecule has 0 radical (unpaired) electrons. The number of carbonyl (C=O) groups excluding carboxylic acids is 3. The second-order valence-electron chi connectivity index (χ2n) is 12.7. The van der Waals surface area contributed by atoms with Crippen LogP contribution in [0.4, 0.5) is 4.79 Å². The summed E-state index contributed by atoms with van der Waals surface area (Å²) in [5, 5.41) is 5.73. The van der Waals surface area contributed by atoms with Gasteiger partial charge in [0.2, 0.25) is 11.8 Å². The Morgan fingerprint density at radius 2 is 1.48 bits per heavy atom. The summed E-state index contributed by atoms with van der Waals surface area (Å²) < 4.78 is 10.6. The molecule has 6 rings (SSSR count). The Bertz CT molecular complexity index is 1770. The highest BCUT2D eigenvalue weighted by atomic mass is 16.5. The van der Waals surface area contributed by atoms with E-state index in [1.807, 2.05) is 90.5 Å². The van der Waals surface area contributed by atoms with Gasteiger partial charge in [0.05, 0.1) is 27.3 Å². The SMILES string of the molecule is COc1ccc(C[C@H]2C(=O)N(Cc3cccc4ccccc34)C[C@H]3N2C(=O)CN3N(C(=O)N(C)Cc2ccc(OC)cc2)C(C)C)cc1. The number of benzene rings is 4. The molecular weight excluding hydrogens is 606 g/mol. The van der Waals surface area contributed by atoms with Crippen LogP contribution in [0.25, 0.3) is 10.8 Å². The molecule has 2 aliphatic rings. The quantitative estimate of drug-likeness (QED) is 0.236. The molecule has 4 aromatic rings. The van der Waals surface area contributed by atoms with Crippen LogP contribution in [0.2, 0.25) is 0 Å². The average molecular weight is 650 g/mol. The van der Waals surface area contributed by atoms with Crippen molar-refractivity contribution in [1.29, 1.82) is 0 Å². The Morgan fingerprint density at radius 1 is 0.854 bits per heavy atom. The van der Waals surface area contributed by atoms with E-state index in [2.05, 4.69) is 24.3 Å². The van der Waals surface area contributed by atoms with Crippen molar-refractivity contribution >= 4 is 28.6 Å². The topological polar surface area (TPSA) is 85.9 Å². The molecule has 0 spiro atoms. The van der Waals surface area contributed by atoms with Gasteiger partial charge in [0.15, 0.2) is 0 Å². The third-order valence-electron chi connectivity index (χ3n) is 9.26. The van der Waals surface area contributed by atoms with E-state index in [0.29, 0.717) is 19.5 Å². The summed E-state index contributed by atoms with van der Waals surface area (Å²) in [7, 11) is 5.00. The van der Waals surface area contributed by atoms with E-state index in [9.17, 15) is 14.4 Å². The highest BCUT2D eigenvalue weighted by molar-refractivity contribution is 5.92. The second-order valence-corrected chi connectivity index (χ2v) is 12.7. The number of hydrogen-bond acceptors (Lipinski definition) is 6. The Labute approximate surface area is 282 Å². The summed E-state index contributed by atoms with van der Waals surface area (Å²) >= 11 is 0. The highest BCUT2D eigenvalue weighted by Gasteiger charge is 2.52. The van der Waals surface area contributed by atoms with Crippen molar-refractivity contribution in [2.45, 2.75) is 51.6 Å². The third kappa shape index (κ3) is 6.53. The first kappa shape index (κ1) is 32.8. The zero-order chi connectivity index (χ0) is 33.9. The lowest BCUT2D eigenvalue weighted by Gasteiger charge is -2.47. The van der Waals surface area contributed by atoms with Gasteiger partial charge in [-0.25, -0.2) is 4.79 Å². The Balaban J connectivity index is 1.32. The van der Waals surface area contributed by atoms with Crippen LogP contribution >= 0.6 is 0 Å². The summed E-state index contributed by atoms with van der Waals surface area (Å²) in [5.41, 5.74) is 2.91. The third-order valence-corrected chi connectivity index (χ3v) is 9.26. The van der Waals surface area contributed by atoms with Crippen LogP contribution in [0.5, 0.6) is 11.5 Å². The molecule has 250 valence electrons. The van der Waals surface area contributed by atoms with Gasteiger partial charge in [-0.1, -0.05) is 66.7 Å². The number of hydrogen-bond donors (Lipinski definition) is 0. The number of ether oxygens (including phenoxy) is 2. The van der Waals surface area contributed by atoms with Crippen LogP contribution in [0.1, 0.15) is 30.5 Å². The van der Waals surface area contributed by atoms with E-state index >= 15 is 0 Å². The molecule has 0 unspecified atom stereocenters. The Hall–Kier alpha value is -5.09. The van der Waals surface area contributed by atoms with Gasteiger partial charge in [-0.05, 0) is 65.6 Å². The molecule has 2 saturated heterocycles. The van der Waals surface area contributed by atoms with E-state index in [1.165, 1.54) is 0 Å². The van der Waals surface area contributed by atoms with Gasteiger partial charge in [-0.3, -0.25) is 14.6 Å². The number of urea groups is 1. The predicted molar refractivity (Wildman–Crippen MR) is 184 cm³/mol. The van der Waals surface area contributed by atoms with Crippen LogP contribution in [0, 0.1) is 0 Å². The van der Waals surface area contributed by atoms with Crippen molar-refractivity contribution in [2.75, 3.05) is 34.4 Å². The summed E-state index contributed by atoms with van der Waals surface area (Å²) in [6.45, 7) is 4.93. The Morgan fingerprint density at radius 3 is 2.12 bits per heavy atom. The first-order chi connectivity index (χ1) is 23.2. The zero-order valence-electron chi connectivity index (χ0n) is 28.2. The fourth-order valence-electron chi connectivity index (χ4n) is 6.86. The normalized spacial score (nSPS) is 18.0. The maximum atomic E-state index is 14.4. The summed E-state index contributed by atoms with van der Waals surface area (Å²) in [6, 6.07) is 28.3. The average Bonchev–Trinajstić information content (AvgIpc) is 3.41. The minimum Gasteiger partial charge on any atom is -0.497 e. The number of piperazine rings is 1. The van der Waals surface area contributed by atoms with E-state index in [-0.39, 0.29) is 37.0 Å². The maximum absolute atomic E-state index is 14.4. The van der Waals surface area contributed by atoms with Crippen molar-refractivity contribution in [3.8, 4) is 11.5 Å². The first-order valence-corrected chi connectivity index (χ1v) is 16.3. The van der Waals surface area contributed by atoms with Crippen molar-refractivity contribution in [3.05, 3.63) is 108 Å². The summed E-state index contributed by atoms with van der Waals surface area (Å²) in [6.07, 6.45) is -0.174. The molecule has 0 N–H and O–H groups in total. The molecule has 10 heteroatoms. The number of methoxy groups -OCH3 is 2. The van der Waals surface area contributed by atoms with Gasteiger partial charge < -0.3 is 24.2 Å². The number of rotatable bonds is 10. The zero-order valence-corrected chi connectivity index (χ0v) is 28.2. The van der Waals surface area contributed by atoms with Crippen molar-refractivity contribution < 1.29 is 23.9 Å². The van der Waals surface area contributed by atoms with Gasteiger partial charge in [0.25, 0.3) is 0 Å². The fraction of sp³-hybridized carbons (Fsp3) is 0.342. The molecule has 0 aliphatic carbocycles. The molecule has 2 heterocycles. The number of nitrogens with zero attached hydrogens (tertiary/aromatic N) is 5. The van der Waals surface area contributed by atoms with Crippen LogP contribution in [0.15, 0.2) is 91.0 Å². The molecule has 4 amide bonds. The lowest BCUT2D eigenvalue weighted by Crippen LogP contribution is -2.66. The van der Waals surface area contributed by atoms with E-state index < -0.39 is 12.2 Å². The monoisotopic (exact) mass is 649 g/mol. The first-order valence-electron chi connectivity index (χ1n) is 16.3. The minimum atomic E-state index is -0.731.